The highest BCUT2D eigenvalue weighted by Gasteiger charge is 2.34. The molecular weight excluding hydrogens is 272 g/mol. The van der Waals surface area contributed by atoms with Crippen molar-refractivity contribution < 1.29 is 32.2 Å². The van der Waals surface area contributed by atoms with Gasteiger partial charge in [0, 0.05) is 5.57 Å². The Labute approximate surface area is 103 Å². The molecule has 3 atom stereocenters. The van der Waals surface area contributed by atoms with Crippen LogP contribution in [0.4, 0.5) is 0 Å². The number of hydrogen-bond donors (Lipinski definition) is 3. The summed E-state index contributed by atoms with van der Waals surface area (Å²) in [6, 6.07) is 0. The largest absolute Gasteiger partial charge is 0.463 e. The summed E-state index contributed by atoms with van der Waals surface area (Å²) in [5.41, 5.74) is -0.123. The maximum absolute atomic E-state index is 11.2. The van der Waals surface area contributed by atoms with Gasteiger partial charge in [-0.3, -0.25) is 0 Å². The fourth-order valence-corrected chi connectivity index (χ4v) is 2.38. The van der Waals surface area contributed by atoms with Crippen molar-refractivity contribution in [2.45, 2.75) is 18.8 Å². The van der Waals surface area contributed by atoms with Crippen LogP contribution in [-0.2, 0) is 31.7 Å². The van der Waals surface area contributed by atoms with Gasteiger partial charge in [-0.2, -0.15) is 0 Å². The fraction of sp³-hybridized carbons (Fsp3) is 0.625. The molecule has 17 heavy (non-hydrogen) atoms. The van der Waals surface area contributed by atoms with Crippen molar-refractivity contribution in [3.8, 4) is 0 Å². The summed E-state index contributed by atoms with van der Waals surface area (Å²) >= 11 is -5.30. The number of rotatable bonds is 6. The van der Waals surface area contributed by atoms with E-state index in [4.69, 9.17) is 9.11 Å². The van der Waals surface area contributed by atoms with E-state index in [1.54, 1.807) is 6.92 Å². The van der Waals surface area contributed by atoms with E-state index in [0.717, 1.165) is 6.08 Å². The van der Waals surface area contributed by atoms with Gasteiger partial charge in [0.05, 0.1) is 12.4 Å². The van der Waals surface area contributed by atoms with E-state index in [1.165, 1.54) is 6.92 Å². The molecule has 0 aromatic carbocycles. The van der Waals surface area contributed by atoms with Crippen molar-refractivity contribution in [1.29, 1.82) is 0 Å². The fourth-order valence-electron chi connectivity index (χ4n) is 0.962. The molecule has 0 amide bonds. The first-order chi connectivity index (χ1) is 7.73. The first-order valence-corrected chi connectivity index (χ1v) is 6.88. The van der Waals surface area contributed by atoms with Crippen LogP contribution in [0.1, 0.15) is 13.8 Å². The first kappa shape index (κ1) is 16.4. The van der Waals surface area contributed by atoms with Crippen molar-refractivity contribution in [2.75, 3.05) is 12.4 Å². The Morgan fingerprint density at radius 2 is 1.94 bits per heavy atom. The molecule has 0 saturated carbocycles. The van der Waals surface area contributed by atoms with E-state index in [0.29, 0.717) is 0 Å². The van der Waals surface area contributed by atoms with Crippen molar-refractivity contribution in [3.63, 3.8) is 0 Å². The van der Waals surface area contributed by atoms with Gasteiger partial charge in [0.1, 0.15) is 0 Å². The third kappa shape index (κ3) is 5.50. The Kier molecular flexibility index (Phi) is 6.72. The van der Waals surface area contributed by atoms with Crippen LogP contribution in [0.25, 0.3) is 0 Å². The Bertz CT molecular complexity index is 365. The quantitative estimate of drug-likeness (QED) is 0.346. The molecule has 0 aromatic heterocycles. The van der Waals surface area contributed by atoms with Crippen LogP contribution in [0, 0.1) is 0 Å². The van der Waals surface area contributed by atoms with Gasteiger partial charge in [-0.25, -0.2) is 13.2 Å². The molecule has 0 rings (SSSR count). The Morgan fingerprint density at radius 3 is 2.29 bits per heavy atom. The highest BCUT2D eigenvalue weighted by atomic mass is 32.2. The van der Waals surface area contributed by atoms with Gasteiger partial charge in [-0.05, 0) is 19.9 Å². The number of hydrogen-bond acceptors (Lipinski definition) is 5. The molecule has 0 bridgehead atoms. The molecule has 0 aromatic rings. The zero-order chi connectivity index (χ0) is 13.6. The second-order valence-electron chi connectivity index (χ2n) is 3.11. The van der Waals surface area contributed by atoms with Gasteiger partial charge < -0.3 is 18.9 Å². The summed E-state index contributed by atoms with van der Waals surface area (Å²) < 4.78 is 43.5. The molecular formula is C8H14O7S2. The highest BCUT2D eigenvalue weighted by Crippen LogP contribution is 2.16. The van der Waals surface area contributed by atoms with E-state index in [1.807, 2.05) is 0 Å². The van der Waals surface area contributed by atoms with Crippen LogP contribution >= 0.6 is 0 Å². The average Bonchev–Trinajstić information content (AvgIpc) is 2.16. The molecule has 0 aliphatic heterocycles. The lowest BCUT2D eigenvalue weighted by Crippen LogP contribution is -2.38. The molecule has 0 radical (unpaired) electrons. The lowest BCUT2D eigenvalue weighted by atomic mass is 10.2. The highest BCUT2D eigenvalue weighted by molar-refractivity contribution is 7.84. The number of carbonyl (C=O) groups excluding carboxylic acids is 1. The van der Waals surface area contributed by atoms with Crippen molar-refractivity contribution in [1.82, 2.24) is 0 Å². The van der Waals surface area contributed by atoms with Gasteiger partial charge in [-0.1, -0.05) is 0 Å². The first-order valence-electron chi connectivity index (χ1n) is 4.50. The standard InChI is InChI=1S/C8H14O7S2/c1-3-15-7(9)6(2)4-8(10,17(13)14)5-16(11)12/h4,10H,3,5H2,1-2H3,(H,11,12)(H,13,14). The smallest absolute Gasteiger partial charge is 0.333 e. The molecule has 0 heterocycles. The number of carbonyl (C=O) groups is 1. The van der Waals surface area contributed by atoms with Gasteiger partial charge in [-0.15, -0.1) is 0 Å². The maximum Gasteiger partial charge on any atom is 0.333 e. The minimum Gasteiger partial charge on any atom is -0.463 e. The SMILES string of the molecule is CCOC(=O)C(C)=CC(O)(CS(=O)O)S(=O)O. The molecule has 0 aliphatic carbocycles. The Balaban J connectivity index is 5.10. The summed E-state index contributed by atoms with van der Waals surface area (Å²) in [5.74, 6) is -1.66. The van der Waals surface area contributed by atoms with E-state index < -0.39 is 38.8 Å². The van der Waals surface area contributed by atoms with Gasteiger partial charge in [0.15, 0.2) is 27.1 Å². The van der Waals surface area contributed by atoms with E-state index in [9.17, 15) is 18.3 Å². The maximum atomic E-state index is 11.2. The lowest BCUT2D eigenvalue weighted by Gasteiger charge is -2.18. The minimum atomic E-state index is -2.81. The molecule has 0 aliphatic rings. The molecule has 7 nitrogen and oxygen atoms in total. The predicted molar refractivity (Wildman–Crippen MR) is 61.7 cm³/mol. The molecule has 3 N–H and O–H groups in total. The molecule has 100 valence electrons. The zero-order valence-corrected chi connectivity index (χ0v) is 10.9. The van der Waals surface area contributed by atoms with Gasteiger partial charge >= 0.3 is 5.97 Å². The predicted octanol–water partition coefficient (Wildman–Crippen LogP) is -0.372. The van der Waals surface area contributed by atoms with Crippen molar-refractivity contribution in [2.24, 2.45) is 0 Å². The topological polar surface area (TPSA) is 121 Å². The summed E-state index contributed by atoms with van der Waals surface area (Å²) in [6.45, 7) is 2.94. The zero-order valence-electron chi connectivity index (χ0n) is 9.28. The van der Waals surface area contributed by atoms with Crippen LogP contribution in [0.3, 0.4) is 0 Å². The van der Waals surface area contributed by atoms with Crippen LogP contribution in [-0.4, -0.2) is 45.9 Å². The van der Waals surface area contributed by atoms with E-state index >= 15 is 0 Å². The van der Waals surface area contributed by atoms with Crippen LogP contribution < -0.4 is 0 Å². The summed E-state index contributed by atoms with van der Waals surface area (Å²) in [4.78, 5) is 8.75. The van der Waals surface area contributed by atoms with Gasteiger partial charge in [0.2, 0.25) is 0 Å². The minimum absolute atomic E-state index is 0.108. The molecule has 0 spiro atoms. The molecule has 3 unspecified atom stereocenters. The number of esters is 1. The van der Waals surface area contributed by atoms with Crippen LogP contribution in [0.15, 0.2) is 11.6 Å². The van der Waals surface area contributed by atoms with Crippen LogP contribution in [0.2, 0.25) is 0 Å². The van der Waals surface area contributed by atoms with E-state index in [2.05, 4.69) is 4.74 Å². The third-order valence-electron chi connectivity index (χ3n) is 1.67. The lowest BCUT2D eigenvalue weighted by molar-refractivity contribution is -0.138. The monoisotopic (exact) mass is 286 g/mol. The Morgan fingerprint density at radius 1 is 1.41 bits per heavy atom. The number of aliphatic hydroxyl groups is 1. The average molecular weight is 286 g/mol. The van der Waals surface area contributed by atoms with Crippen LogP contribution in [0.5, 0.6) is 0 Å². The summed E-state index contributed by atoms with van der Waals surface area (Å²) in [7, 11) is 0. The van der Waals surface area contributed by atoms with Crippen molar-refractivity contribution >= 4 is 28.1 Å². The molecule has 0 fully saturated rings. The second kappa shape index (κ2) is 6.97. The molecule has 9 heteroatoms. The normalized spacial score (nSPS) is 19.2. The third-order valence-corrected chi connectivity index (χ3v) is 3.41. The van der Waals surface area contributed by atoms with Crippen molar-refractivity contribution in [3.05, 3.63) is 11.6 Å². The van der Waals surface area contributed by atoms with E-state index in [-0.39, 0.29) is 12.2 Å². The Hall–Kier alpha value is -0.610. The molecule has 0 saturated heterocycles. The van der Waals surface area contributed by atoms with Gasteiger partial charge in [0.25, 0.3) is 0 Å². The number of ether oxygens (including phenoxy) is 1. The summed E-state index contributed by atoms with van der Waals surface area (Å²) in [6.07, 6.45) is 0.745. The summed E-state index contributed by atoms with van der Waals surface area (Å²) in [5, 5.41) is 9.66. The second-order valence-corrected chi connectivity index (χ2v) is 5.24.